The van der Waals surface area contributed by atoms with Gasteiger partial charge in [0.1, 0.15) is 5.75 Å². The number of benzene rings is 2. The number of aryl methyl sites for hydroxylation is 1. The van der Waals surface area contributed by atoms with Crippen molar-refractivity contribution in [3.63, 3.8) is 0 Å². The molecule has 0 unspecified atom stereocenters. The molecule has 0 aliphatic rings. The van der Waals surface area contributed by atoms with Gasteiger partial charge in [-0.05, 0) is 36.6 Å². The van der Waals surface area contributed by atoms with Gasteiger partial charge in [0.2, 0.25) is 0 Å². The summed E-state index contributed by atoms with van der Waals surface area (Å²) in [6.07, 6.45) is 2.05. The van der Waals surface area contributed by atoms with Crippen molar-refractivity contribution in [3.05, 3.63) is 65.4 Å². The molecule has 0 spiro atoms. The Bertz CT molecular complexity index is 840. The molecule has 21 heavy (non-hydrogen) atoms. The molecule has 1 aromatic heterocycles. The Morgan fingerprint density at radius 3 is 2.76 bits per heavy atom. The van der Waals surface area contributed by atoms with E-state index in [1.807, 2.05) is 36.5 Å². The minimum absolute atomic E-state index is 0.679. The number of hydrogen-bond donors (Lipinski definition) is 0. The molecule has 104 valence electrons. The molecule has 0 saturated carbocycles. The van der Waals surface area contributed by atoms with Gasteiger partial charge in [-0.3, -0.25) is 0 Å². The van der Waals surface area contributed by atoms with Crippen LogP contribution in [0.25, 0.3) is 10.9 Å². The summed E-state index contributed by atoms with van der Waals surface area (Å²) in [5.74, 6) is 0.888. The van der Waals surface area contributed by atoms with E-state index < -0.39 is 0 Å². The van der Waals surface area contributed by atoms with Crippen molar-refractivity contribution < 1.29 is 4.74 Å². The SMILES string of the molecule is COc1ccc(C)cc1Cn1ccc2ccc(C#N)cc21. The number of aromatic nitrogens is 1. The Morgan fingerprint density at radius 2 is 2.00 bits per heavy atom. The van der Waals surface area contributed by atoms with Crippen molar-refractivity contribution in [3.8, 4) is 11.8 Å². The first-order chi connectivity index (χ1) is 10.2. The Labute approximate surface area is 124 Å². The van der Waals surface area contributed by atoms with Crippen LogP contribution in [0.5, 0.6) is 5.75 Å². The molecule has 3 rings (SSSR count). The molecule has 0 N–H and O–H groups in total. The van der Waals surface area contributed by atoms with Gasteiger partial charge < -0.3 is 9.30 Å². The standard InChI is InChI=1S/C18H16N2O/c1-13-3-6-18(21-2)16(9-13)12-20-8-7-15-5-4-14(11-19)10-17(15)20/h3-10H,12H2,1-2H3. The molecule has 3 aromatic rings. The van der Waals surface area contributed by atoms with E-state index in [2.05, 4.69) is 29.7 Å². The Hall–Kier alpha value is -2.73. The molecule has 3 heteroatoms. The predicted molar refractivity (Wildman–Crippen MR) is 83.5 cm³/mol. The fraction of sp³-hybridized carbons (Fsp3) is 0.167. The third kappa shape index (κ3) is 2.48. The highest BCUT2D eigenvalue weighted by atomic mass is 16.5. The zero-order chi connectivity index (χ0) is 14.8. The topological polar surface area (TPSA) is 38.0 Å². The number of nitriles is 1. The molecule has 3 nitrogen and oxygen atoms in total. The zero-order valence-electron chi connectivity index (χ0n) is 12.1. The molecular weight excluding hydrogens is 260 g/mol. The smallest absolute Gasteiger partial charge is 0.123 e. The summed E-state index contributed by atoms with van der Waals surface area (Å²) in [6, 6.07) is 16.2. The summed E-state index contributed by atoms with van der Waals surface area (Å²) >= 11 is 0. The van der Waals surface area contributed by atoms with Crippen LogP contribution in [0.3, 0.4) is 0 Å². The van der Waals surface area contributed by atoms with Gasteiger partial charge in [0, 0.05) is 17.3 Å². The van der Waals surface area contributed by atoms with Crippen molar-refractivity contribution in [1.29, 1.82) is 5.26 Å². The molecule has 0 radical (unpaired) electrons. The fourth-order valence-electron chi connectivity index (χ4n) is 2.61. The average molecular weight is 276 g/mol. The lowest BCUT2D eigenvalue weighted by Crippen LogP contribution is -2.01. The number of methoxy groups -OCH3 is 1. The van der Waals surface area contributed by atoms with E-state index >= 15 is 0 Å². The van der Waals surface area contributed by atoms with Crippen LogP contribution in [0, 0.1) is 18.3 Å². The highest BCUT2D eigenvalue weighted by molar-refractivity contribution is 5.81. The van der Waals surface area contributed by atoms with E-state index in [0.717, 1.165) is 28.8 Å². The van der Waals surface area contributed by atoms with Gasteiger partial charge in [0.25, 0.3) is 0 Å². The monoisotopic (exact) mass is 276 g/mol. The van der Waals surface area contributed by atoms with Crippen LogP contribution < -0.4 is 4.74 Å². The Balaban J connectivity index is 2.06. The van der Waals surface area contributed by atoms with Crippen molar-refractivity contribution in [1.82, 2.24) is 4.57 Å². The summed E-state index contributed by atoms with van der Waals surface area (Å²) in [6.45, 7) is 2.80. The largest absolute Gasteiger partial charge is 0.496 e. The van der Waals surface area contributed by atoms with E-state index in [1.165, 1.54) is 5.56 Å². The maximum Gasteiger partial charge on any atom is 0.123 e. The summed E-state index contributed by atoms with van der Waals surface area (Å²) in [4.78, 5) is 0. The quantitative estimate of drug-likeness (QED) is 0.728. The van der Waals surface area contributed by atoms with E-state index in [1.54, 1.807) is 7.11 Å². The molecule has 0 atom stereocenters. The molecule has 0 aliphatic carbocycles. The predicted octanol–water partition coefficient (Wildman–Crippen LogP) is 3.88. The van der Waals surface area contributed by atoms with Gasteiger partial charge in [-0.2, -0.15) is 5.26 Å². The molecule has 0 aliphatic heterocycles. The summed E-state index contributed by atoms with van der Waals surface area (Å²) < 4.78 is 7.59. The second-order valence-electron chi connectivity index (χ2n) is 5.14. The van der Waals surface area contributed by atoms with Crippen LogP contribution in [0.1, 0.15) is 16.7 Å². The number of ether oxygens (including phenoxy) is 1. The fourth-order valence-corrected chi connectivity index (χ4v) is 2.61. The van der Waals surface area contributed by atoms with E-state index in [9.17, 15) is 0 Å². The van der Waals surface area contributed by atoms with Crippen molar-refractivity contribution in [2.75, 3.05) is 7.11 Å². The number of fused-ring (bicyclic) bond motifs is 1. The van der Waals surface area contributed by atoms with Gasteiger partial charge in [-0.1, -0.05) is 23.8 Å². The maximum atomic E-state index is 9.05. The normalized spacial score (nSPS) is 10.5. The summed E-state index contributed by atoms with van der Waals surface area (Å²) in [5, 5.41) is 10.2. The van der Waals surface area contributed by atoms with Crippen LogP contribution in [0.2, 0.25) is 0 Å². The lowest BCUT2D eigenvalue weighted by atomic mass is 10.1. The third-order valence-electron chi connectivity index (χ3n) is 3.68. The molecule has 1 heterocycles. The van der Waals surface area contributed by atoms with Gasteiger partial charge in [-0.15, -0.1) is 0 Å². The van der Waals surface area contributed by atoms with Gasteiger partial charge in [-0.25, -0.2) is 0 Å². The first-order valence-electron chi connectivity index (χ1n) is 6.84. The van der Waals surface area contributed by atoms with Crippen molar-refractivity contribution in [2.45, 2.75) is 13.5 Å². The highest BCUT2D eigenvalue weighted by Gasteiger charge is 2.07. The minimum Gasteiger partial charge on any atom is -0.496 e. The van der Waals surface area contributed by atoms with Crippen LogP contribution in [-0.2, 0) is 6.54 Å². The molecule has 0 fully saturated rings. The lowest BCUT2D eigenvalue weighted by molar-refractivity contribution is 0.408. The van der Waals surface area contributed by atoms with Crippen LogP contribution in [0.15, 0.2) is 48.7 Å². The lowest BCUT2D eigenvalue weighted by Gasteiger charge is -2.11. The van der Waals surface area contributed by atoms with Crippen molar-refractivity contribution >= 4 is 10.9 Å². The highest BCUT2D eigenvalue weighted by Crippen LogP contribution is 2.24. The Morgan fingerprint density at radius 1 is 1.14 bits per heavy atom. The Kier molecular flexibility index (Phi) is 3.37. The summed E-state index contributed by atoms with van der Waals surface area (Å²) in [5.41, 5.74) is 4.09. The molecule has 0 bridgehead atoms. The first-order valence-corrected chi connectivity index (χ1v) is 6.84. The number of nitrogens with zero attached hydrogens (tertiary/aromatic N) is 2. The molecular formula is C18H16N2O. The van der Waals surface area contributed by atoms with Crippen LogP contribution in [-0.4, -0.2) is 11.7 Å². The zero-order valence-corrected chi connectivity index (χ0v) is 12.1. The van der Waals surface area contributed by atoms with E-state index in [-0.39, 0.29) is 0 Å². The molecule has 0 saturated heterocycles. The molecule has 2 aromatic carbocycles. The number of hydrogen-bond acceptors (Lipinski definition) is 2. The van der Waals surface area contributed by atoms with Gasteiger partial charge in [0.15, 0.2) is 0 Å². The number of rotatable bonds is 3. The van der Waals surface area contributed by atoms with Crippen LogP contribution in [0.4, 0.5) is 0 Å². The van der Waals surface area contributed by atoms with Gasteiger partial charge in [0.05, 0.1) is 25.3 Å². The van der Waals surface area contributed by atoms with E-state index in [4.69, 9.17) is 10.00 Å². The second kappa shape index (κ2) is 5.34. The van der Waals surface area contributed by atoms with E-state index in [0.29, 0.717) is 5.56 Å². The average Bonchev–Trinajstić information content (AvgIpc) is 2.90. The second-order valence-corrected chi connectivity index (χ2v) is 5.14. The van der Waals surface area contributed by atoms with Gasteiger partial charge >= 0.3 is 0 Å². The minimum atomic E-state index is 0.679. The first kappa shape index (κ1) is 13.3. The molecule has 0 amide bonds. The third-order valence-corrected chi connectivity index (χ3v) is 3.68. The van der Waals surface area contributed by atoms with Crippen molar-refractivity contribution in [2.24, 2.45) is 0 Å². The van der Waals surface area contributed by atoms with Crippen LogP contribution >= 0.6 is 0 Å². The maximum absolute atomic E-state index is 9.05. The summed E-state index contributed by atoms with van der Waals surface area (Å²) in [7, 11) is 1.69.